The van der Waals surface area contributed by atoms with Crippen LogP contribution in [0.4, 0.5) is 4.79 Å². The van der Waals surface area contributed by atoms with E-state index >= 15 is 0 Å². The first-order valence-corrected chi connectivity index (χ1v) is 3.00. The molecule has 0 saturated heterocycles. The first-order valence-electron chi connectivity index (χ1n) is 3.00. The van der Waals surface area contributed by atoms with Gasteiger partial charge >= 0.3 is 6.16 Å². The average Bonchev–Trinajstić information content (AvgIpc) is 2.30. The third-order valence-corrected chi connectivity index (χ3v) is 1.11. The van der Waals surface area contributed by atoms with Crippen molar-refractivity contribution >= 4 is 6.16 Å². The Morgan fingerprint density at radius 2 is 2.25 bits per heavy atom. The Hall–Kier alpha value is -1.85. The van der Waals surface area contributed by atoms with Crippen molar-refractivity contribution in [1.29, 1.82) is 0 Å². The molecule has 0 aliphatic heterocycles. The molecule has 0 unspecified atom stereocenters. The van der Waals surface area contributed by atoms with Crippen LogP contribution in [0.3, 0.4) is 0 Å². The lowest BCUT2D eigenvalue weighted by atomic mass is 10.6. The van der Waals surface area contributed by atoms with Crippen LogP contribution in [-0.4, -0.2) is 28.5 Å². The fourth-order valence-electron chi connectivity index (χ4n) is 0.621. The molecule has 0 bridgehead atoms. The predicted molar refractivity (Wildman–Crippen MR) is 37.2 cm³/mol. The van der Waals surface area contributed by atoms with Crippen LogP contribution in [0.5, 0.6) is 17.5 Å². The van der Waals surface area contributed by atoms with Gasteiger partial charge in [0.15, 0.2) is 11.6 Å². The Morgan fingerprint density at radius 3 is 2.67 bits per heavy atom. The largest absolute Gasteiger partial charge is 0.513 e. The van der Waals surface area contributed by atoms with Crippen LogP contribution < -0.4 is 4.74 Å². The predicted octanol–water partition coefficient (Wildman–Crippen LogP) is 0.571. The van der Waals surface area contributed by atoms with Crippen molar-refractivity contribution in [2.45, 2.75) is 0 Å². The second-order valence-corrected chi connectivity index (χ2v) is 1.92. The average molecular weight is 173 g/mol. The zero-order chi connectivity index (χ0) is 9.14. The topological polar surface area (TPSA) is 91.8 Å². The number of aromatic amines is 1. The summed E-state index contributed by atoms with van der Waals surface area (Å²) in [7, 11) is 1.13. The Kier molecular flexibility index (Phi) is 2.09. The van der Waals surface area contributed by atoms with Gasteiger partial charge in [-0.1, -0.05) is 0 Å². The third kappa shape index (κ3) is 1.60. The molecule has 0 radical (unpaired) electrons. The Morgan fingerprint density at radius 1 is 1.58 bits per heavy atom. The minimum absolute atomic E-state index is 0.181. The van der Waals surface area contributed by atoms with Crippen molar-refractivity contribution in [2.75, 3.05) is 7.11 Å². The molecule has 0 spiro atoms. The van der Waals surface area contributed by atoms with E-state index in [-0.39, 0.29) is 11.6 Å². The van der Waals surface area contributed by atoms with E-state index in [0.717, 1.165) is 13.2 Å². The van der Waals surface area contributed by atoms with Crippen molar-refractivity contribution < 1.29 is 24.5 Å². The lowest BCUT2D eigenvalue weighted by Gasteiger charge is -1.98. The fourth-order valence-corrected chi connectivity index (χ4v) is 0.621. The van der Waals surface area contributed by atoms with Crippen LogP contribution in [0.1, 0.15) is 0 Å². The summed E-state index contributed by atoms with van der Waals surface area (Å²) in [6.45, 7) is 0. The van der Waals surface area contributed by atoms with E-state index in [1.165, 1.54) is 0 Å². The summed E-state index contributed by atoms with van der Waals surface area (Å²) in [4.78, 5) is 12.6. The smallest absolute Gasteiger partial charge is 0.494 e. The summed E-state index contributed by atoms with van der Waals surface area (Å²) in [5.41, 5.74) is 0. The standard InChI is InChI=1S/C6H7NO5/c1-11-6(10)12-3-2-4(8)7-5(3)9/h2,7-9H,1H3. The molecule has 12 heavy (non-hydrogen) atoms. The van der Waals surface area contributed by atoms with E-state index in [1.54, 1.807) is 0 Å². The molecular weight excluding hydrogens is 166 g/mol. The molecule has 66 valence electrons. The number of H-pyrrole nitrogens is 1. The Labute approximate surface area is 67.3 Å². The summed E-state index contributed by atoms with van der Waals surface area (Å²) in [6, 6.07) is 1.05. The van der Waals surface area contributed by atoms with Crippen molar-refractivity contribution in [2.24, 2.45) is 0 Å². The number of hydrogen-bond acceptors (Lipinski definition) is 5. The summed E-state index contributed by atoms with van der Waals surface area (Å²) in [5.74, 6) is -0.913. The maximum atomic E-state index is 10.5. The van der Waals surface area contributed by atoms with Gasteiger partial charge in [0.25, 0.3) is 0 Å². The highest BCUT2D eigenvalue weighted by Gasteiger charge is 2.11. The molecule has 0 aliphatic rings. The molecule has 1 aromatic rings. The lowest BCUT2D eigenvalue weighted by Crippen LogP contribution is -2.06. The number of hydrogen-bond donors (Lipinski definition) is 3. The molecule has 0 saturated carbocycles. The lowest BCUT2D eigenvalue weighted by molar-refractivity contribution is 0.120. The van der Waals surface area contributed by atoms with Gasteiger partial charge < -0.3 is 19.7 Å². The number of ether oxygens (including phenoxy) is 2. The molecule has 1 rings (SSSR count). The number of aromatic nitrogens is 1. The van der Waals surface area contributed by atoms with E-state index in [0.29, 0.717) is 0 Å². The summed E-state index contributed by atoms with van der Waals surface area (Å²) in [5, 5.41) is 17.7. The van der Waals surface area contributed by atoms with E-state index in [9.17, 15) is 4.79 Å². The second-order valence-electron chi connectivity index (χ2n) is 1.92. The van der Waals surface area contributed by atoms with Gasteiger partial charge in [0, 0.05) is 6.07 Å². The quantitative estimate of drug-likeness (QED) is 0.540. The molecule has 1 aromatic heterocycles. The van der Waals surface area contributed by atoms with Crippen LogP contribution in [-0.2, 0) is 4.74 Å². The summed E-state index contributed by atoms with van der Waals surface area (Å²) in [6.07, 6.45) is -0.968. The molecule has 1 heterocycles. The van der Waals surface area contributed by atoms with E-state index in [4.69, 9.17) is 10.2 Å². The van der Waals surface area contributed by atoms with Crippen LogP contribution in [0.2, 0.25) is 0 Å². The molecule has 0 fully saturated rings. The van der Waals surface area contributed by atoms with Gasteiger partial charge in [-0.05, 0) is 0 Å². The number of carbonyl (C=O) groups is 1. The van der Waals surface area contributed by atoms with Crippen LogP contribution >= 0.6 is 0 Å². The zero-order valence-corrected chi connectivity index (χ0v) is 6.20. The fraction of sp³-hybridized carbons (Fsp3) is 0.167. The number of carbonyl (C=O) groups excluding carboxylic acids is 1. The van der Waals surface area contributed by atoms with Gasteiger partial charge in [0.05, 0.1) is 7.11 Å². The van der Waals surface area contributed by atoms with Gasteiger partial charge in [0.2, 0.25) is 5.88 Å². The second kappa shape index (κ2) is 3.04. The summed E-state index contributed by atoms with van der Waals surface area (Å²) < 4.78 is 8.56. The zero-order valence-electron chi connectivity index (χ0n) is 6.20. The van der Waals surface area contributed by atoms with E-state index in [1.807, 2.05) is 0 Å². The minimum Gasteiger partial charge on any atom is -0.494 e. The molecule has 0 aromatic carbocycles. The molecule has 0 aliphatic carbocycles. The number of rotatable bonds is 1. The van der Waals surface area contributed by atoms with Crippen molar-refractivity contribution in [1.82, 2.24) is 4.98 Å². The van der Waals surface area contributed by atoms with Crippen molar-refractivity contribution in [3.05, 3.63) is 6.07 Å². The third-order valence-electron chi connectivity index (χ3n) is 1.11. The monoisotopic (exact) mass is 173 g/mol. The minimum atomic E-state index is -0.968. The van der Waals surface area contributed by atoms with E-state index < -0.39 is 12.0 Å². The van der Waals surface area contributed by atoms with Gasteiger partial charge in [0.1, 0.15) is 0 Å². The maximum Gasteiger partial charge on any atom is 0.513 e. The molecule has 0 amide bonds. The van der Waals surface area contributed by atoms with Crippen molar-refractivity contribution in [3.8, 4) is 17.5 Å². The molecule has 6 heteroatoms. The number of methoxy groups -OCH3 is 1. The molecular formula is C6H7NO5. The Bertz CT molecular complexity index is 292. The van der Waals surface area contributed by atoms with E-state index in [2.05, 4.69) is 14.5 Å². The number of aromatic hydroxyl groups is 2. The van der Waals surface area contributed by atoms with Gasteiger partial charge in [-0.3, -0.25) is 4.98 Å². The van der Waals surface area contributed by atoms with Crippen LogP contribution in [0.25, 0.3) is 0 Å². The maximum absolute atomic E-state index is 10.5. The Balaban J connectivity index is 2.75. The molecule has 3 N–H and O–H groups in total. The summed E-state index contributed by atoms with van der Waals surface area (Å²) >= 11 is 0. The van der Waals surface area contributed by atoms with Crippen molar-refractivity contribution in [3.63, 3.8) is 0 Å². The first kappa shape index (κ1) is 8.25. The highest BCUT2D eigenvalue weighted by atomic mass is 16.7. The normalized spacial score (nSPS) is 9.42. The SMILES string of the molecule is COC(=O)Oc1cc(O)[nH]c1O. The van der Waals surface area contributed by atoms with Gasteiger partial charge in [-0.2, -0.15) is 0 Å². The highest BCUT2D eigenvalue weighted by molar-refractivity contribution is 5.65. The molecule has 0 atom stereocenters. The van der Waals surface area contributed by atoms with Gasteiger partial charge in [-0.15, -0.1) is 0 Å². The number of nitrogens with one attached hydrogen (secondary N) is 1. The molecule has 6 nitrogen and oxygen atoms in total. The van der Waals surface area contributed by atoms with Gasteiger partial charge in [-0.25, -0.2) is 4.79 Å². The first-order chi connectivity index (χ1) is 5.63. The van der Waals surface area contributed by atoms with Crippen LogP contribution in [0.15, 0.2) is 6.07 Å². The van der Waals surface area contributed by atoms with Crippen LogP contribution in [0, 0.1) is 0 Å². The highest BCUT2D eigenvalue weighted by Crippen LogP contribution is 2.29.